The van der Waals surface area contributed by atoms with Crippen molar-refractivity contribution in [2.24, 2.45) is 10.8 Å². The van der Waals surface area contributed by atoms with Crippen LogP contribution in [0.2, 0.25) is 0 Å². The van der Waals surface area contributed by atoms with Crippen LogP contribution in [-0.4, -0.2) is 6.18 Å². The molecule has 0 N–H and O–H groups in total. The smallest absolute Gasteiger partial charge is 0.170 e. The molecule has 0 aliphatic heterocycles. The van der Waals surface area contributed by atoms with Gasteiger partial charge in [-0.3, -0.25) is 0 Å². The van der Waals surface area contributed by atoms with Crippen LogP contribution in [0.3, 0.4) is 0 Å². The number of rotatable bonds is 9. The summed E-state index contributed by atoms with van der Waals surface area (Å²) in [4.78, 5) is 0. The maximum atomic E-state index is 13.4. The minimum absolute atomic E-state index is 0.352. The van der Waals surface area contributed by atoms with Crippen LogP contribution in [-0.2, 0) is 0 Å². The molecule has 114 valence electrons. The molecule has 1 saturated carbocycles. The van der Waals surface area contributed by atoms with Crippen molar-refractivity contribution < 1.29 is 13.2 Å². The molecule has 0 heterocycles. The lowest BCUT2D eigenvalue weighted by molar-refractivity contribution is -0.223. The fourth-order valence-corrected chi connectivity index (χ4v) is 3.47. The SMILES string of the molecule is CCCCCCC(C)(CCCC)C1(C(F)(F)F)CC1. The Hall–Kier alpha value is -0.210. The van der Waals surface area contributed by atoms with E-state index < -0.39 is 17.0 Å². The predicted molar refractivity (Wildman–Crippen MR) is 74.1 cm³/mol. The lowest BCUT2D eigenvalue weighted by Gasteiger charge is -2.40. The van der Waals surface area contributed by atoms with E-state index >= 15 is 0 Å². The molecule has 0 bridgehead atoms. The van der Waals surface area contributed by atoms with E-state index in [1.54, 1.807) is 0 Å². The van der Waals surface area contributed by atoms with Crippen LogP contribution in [0.15, 0.2) is 0 Å². The number of alkyl halides is 3. The molecule has 0 nitrogen and oxygen atoms in total. The second-order valence-corrected chi connectivity index (χ2v) is 6.55. The lowest BCUT2D eigenvalue weighted by atomic mass is 9.67. The Morgan fingerprint density at radius 3 is 1.79 bits per heavy atom. The van der Waals surface area contributed by atoms with Crippen molar-refractivity contribution in [1.29, 1.82) is 0 Å². The molecule has 0 saturated heterocycles. The molecule has 1 fully saturated rings. The molecule has 1 aliphatic carbocycles. The molecule has 0 radical (unpaired) electrons. The van der Waals surface area contributed by atoms with Gasteiger partial charge in [-0.15, -0.1) is 0 Å². The third kappa shape index (κ3) is 3.66. The van der Waals surface area contributed by atoms with Crippen LogP contribution in [0.4, 0.5) is 13.2 Å². The maximum Gasteiger partial charge on any atom is 0.395 e. The van der Waals surface area contributed by atoms with Crippen LogP contribution in [0, 0.1) is 10.8 Å². The Morgan fingerprint density at radius 1 is 0.842 bits per heavy atom. The highest BCUT2D eigenvalue weighted by atomic mass is 19.4. The van der Waals surface area contributed by atoms with Gasteiger partial charge in [0.1, 0.15) is 0 Å². The second-order valence-electron chi connectivity index (χ2n) is 6.55. The fourth-order valence-electron chi connectivity index (χ4n) is 3.47. The molecule has 0 aromatic rings. The average molecular weight is 278 g/mol. The highest BCUT2D eigenvalue weighted by molar-refractivity contribution is 5.09. The van der Waals surface area contributed by atoms with E-state index in [1.165, 1.54) is 0 Å². The molecule has 0 amide bonds. The topological polar surface area (TPSA) is 0 Å². The largest absolute Gasteiger partial charge is 0.395 e. The van der Waals surface area contributed by atoms with E-state index in [4.69, 9.17) is 0 Å². The van der Waals surface area contributed by atoms with Crippen LogP contribution >= 0.6 is 0 Å². The van der Waals surface area contributed by atoms with Crippen molar-refractivity contribution in [1.82, 2.24) is 0 Å². The first-order chi connectivity index (χ1) is 8.83. The monoisotopic (exact) mass is 278 g/mol. The van der Waals surface area contributed by atoms with Gasteiger partial charge in [0.25, 0.3) is 0 Å². The first kappa shape index (κ1) is 16.8. The Kier molecular flexibility index (Phi) is 5.76. The molecule has 3 heteroatoms. The predicted octanol–water partition coefficient (Wildman–Crippen LogP) is 6.50. The van der Waals surface area contributed by atoms with Crippen LogP contribution in [0.1, 0.15) is 85.0 Å². The molecule has 0 spiro atoms. The molecular formula is C16H29F3. The number of halogens is 3. The van der Waals surface area contributed by atoms with Crippen LogP contribution in [0.25, 0.3) is 0 Å². The summed E-state index contributed by atoms with van der Waals surface area (Å²) < 4.78 is 40.2. The molecule has 1 atom stereocenters. The van der Waals surface area contributed by atoms with Crippen molar-refractivity contribution in [2.75, 3.05) is 0 Å². The van der Waals surface area contributed by atoms with E-state index in [-0.39, 0.29) is 0 Å². The van der Waals surface area contributed by atoms with Crippen LogP contribution in [0.5, 0.6) is 0 Å². The summed E-state index contributed by atoms with van der Waals surface area (Å²) in [6.07, 6.45) is 4.37. The summed E-state index contributed by atoms with van der Waals surface area (Å²) >= 11 is 0. The van der Waals surface area contributed by atoms with E-state index in [9.17, 15) is 13.2 Å². The van der Waals surface area contributed by atoms with E-state index in [2.05, 4.69) is 13.8 Å². The Morgan fingerprint density at radius 2 is 1.37 bits per heavy atom. The minimum atomic E-state index is -4.01. The quantitative estimate of drug-likeness (QED) is 0.422. The number of unbranched alkanes of at least 4 members (excludes halogenated alkanes) is 4. The van der Waals surface area contributed by atoms with Crippen molar-refractivity contribution in [2.45, 2.75) is 91.2 Å². The summed E-state index contributed by atoms with van der Waals surface area (Å²) in [5.74, 6) is 0. The summed E-state index contributed by atoms with van der Waals surface area (Å²) in [5, 5.41) is 0. The Bertz CT molecular complexity index is 266. The normalized spacial score (nSPS) is 21.2. The van der Waals surface area contributed by atoms with Crippen molar-refractivity contribution in [3.63, 3.8) is 0 Å². The minimum Gasteiger partial charge on any atom is -0.170 e. The summed E-state index contributed by atoms with van der Waals surface area (Å²) in [6, 6.07) is 0. The van der Waals surface area contributed by atoms with Gasteiger partial charge in [-0.25, -0.2) is 0 Å². The number of hydrogen-bond donors (Lipinski definition) is 0. The number of hydrogen-bond acceptors (Lipinski definition) is 0. The van der Waals surface area contributed by atoms with Gasteiger partial charge < -0.3 is 0 Å². The Balaban J connectivity index is 2.70. The first-order valence-electron chi connectivity index (χ1n) is 7.90. The standard InChI is InChI=1S/C16H29F3/c1-4-6-8-9-11-14(3,10-7-5-2)15(12-13-15)16(17,18)19/h4-13H2,1-3H3. The maximum absolute atomic E-state index is 13.4. The molecule has 1 rings (SSSR count). The van der Waals surface area contributed by atoms with Crippen LogP contribution < -0.4 is 0 Å². The van der Waals surface area contributed by atoms with E-state index in [0.717, 1.165) is 51.4 Å². The Labute approximate surface area is 116 Å². The van der Waals surface area contributed by atoms with Gasteiger partial charge in [-0.2, -0.15) is 13.2 Å². The first-order valence-corrected chi connectivity index (χ1v) is 7.90. The molecule has 1 aliphatic rings. The van der Waals surface area contributed by atoms with Gasteiger partial charge in [0, 0.05) is 0 Å². The van der Waals surface area contributed by atoms with Gasteiger partial charge in [0.15, 0.2) is 0 Å². The van der Waals surface area contributed by atoms with E-state index in [0.29, 0.717) is 12.8 Å². The molecule has 0 aromatic heterocycles. The zero-order valence-electron chi connectivity index (χ0n) is 12.7. The molecule has 0 aromatic carbocycles. The third-order valence-electron chi connectivity index (χ3n) is 5.11. The van der Waals surface area contributed by atoms with Crippen molar-refractivity contribution in [3.8, 4) is 0 Å². The fraction of sp³-hybridized carbons (Fsp3) is 1.00. The zero-order valence-corrected chi connectivity index (χ0v) is 12.7. The van der Waals surface area contributed by atoms with Crippen molar-refractivity contribution >= 4 is 0 Å². The van der Waals surface area contributed by atoms with Gasteiger partial charge in [0.2, 0.25) is 0 Å². The van der Waals surface area contributed by atoms with E-state index in [1.807, 2.05) is 6.92 Å². The average Bonchev–Trinajstić information content (AvgIpc) is 3.13. The second kappa shape index (κ2) is 6.49. The summed E-state index contributed by atoms with van der Waals surface area (Å²) in [5.41, 5.74) is -1.89. The molecule has 1 unspecified atom stereocenters. The highest BCUT2D eigenvalue weighted by Gasteiger charge is 2.70. The van der Waals surface area contributed by atoms with Crippen molar-refractivity contribution in [3.05, 3.63) is 0 Å². The molecule has 19 heavy (non-hydrogen) atoms. The third-order valence-corrected chi connectivity index (χ3v) is 5.11. The summed E-state index contributed by atoms with van der Waals surface area (Å²) in [7, 11) is 0. The zero-order chi connectivity index (χ0) is 14.6. The molecular weight excluding hydrogens is 249 g/mol. The van der Waals surface area contributed by atoms with Gasteiger partial charge in [-0.05, 0) is 31.1 Å². The van der Waals surface area contributed by atoms with Gasteiger partial charge >= 0.3 is 6.18 Å². The van der Waals surface area contributed by atoms with Gasteiger partial charge in [0.05, 0.1) is 5.41 Å². The van der Waals surface area contributed by atoms with Gasteiger partial charge in [-0.1, -0.05) is 59.3 Å². The summed E-state index contributed by atoms with van der Waals surface area (Å²) in [6.45, 7) is 6.09. The highest BCUT2D eigenvalue weighted by Crippen LogP contribution is 2.70. The lowest BCUT2D eigenvalue weighted by Crippen LogP contribution is -2.40.